The molecule has 3 heteroatoms. The van der Waals surface area contributed by atoms with Crippen molar-refractivity contribution in [2.75, 3.05) is 13.7 Å². The van der Waals surface area contributed by atoms with Crippen LogP contribution in [0.1, 0.15) is 37.2 Å². The van der Waals surface area contributed by atoms with Crippen LogP contribution < -0.4 is 10.5 Å². The van der Waals surface area contributed by atoms with Crippen molar-refractivity contribution in [3.05, 3.63) is 30.0 Å². The van der Waals surface area contributed by atoms with Crippen molar-refractivity contribution in [3.63, 3.8) is 0 Å². The number of benzene rings is 1. The van der Waals surface area contributed by atoms with E-state index in [0.717, 1.165) is 18.2 Å². The van der Waals surface area contributed by atoms with Gasteiger partial charge in [0.05, 0.1) is 7.11 Å². The molecular formula is C16H22N2O. The smallest absolute Gasteiger partial charge is 0.119 e. The van der Waals surface area contributed by atoms with Gasteiger partial charge in [0.2, 0.25) is 0 Å². The molecule has 1 aliphatic rings. The normalized spacial score (nSPS) is 18.0. The number of nitrogens with two attached hydrogens (primary N) is 1. The number of aromatic nitrogens is 1. The highest BCUT2D eigenvalue weighted by molar-refractivity contribution is 5.85. The van der Waals surface area contributed by atoms with Crippen LogP contribution in [0.3, 0.4) is 0 Å². The highest BCUT2D eigenvalue weighted by Gasteiger charge is 2.27. The molecule has 3 nitrogen and oxygen atoms in total. The molecule has 3 N–H and O–H groups in total. The number of fused-ring (bicyclic) bond motifs is 1. The molecule has 0 bridgehead atoms. The van der Waals surface area contributed by atoms with E-state index in [1.54, 1.807) is 7.11 Å². The van der Waals surface area contributed by atoms with Gasteiger partial charge in [0, 0.05) is 23.0 Å². The molecule has 0 spiro atoms. The average Bonchev–Trinajstić information content (AvgIpc) is 3.09. The zero-order valence-electron chi connectivity index (χ0n) is 11.5. The zero-order chi connectivity index (χ0) is 13.2. The molecule has 1 atom stereocenters. The van der Waals surface area contributed by atoms with Gasteiger partial charge in [0.1, 0.15) is 5.75 Å². The number of ether oxygens (including phenoxy) is 1. The summed E-state index contributed by atoms with van der Waals surface area (Å²) in [6.45, 7) is 0.731. The number of hydrogen-bond donors (Lipinski definition) is 2. The Morgan fingerprint density at radius 1 is 1.37 bits per heavy atom. The van der Waals surface area contributed by atoms with Crippen molar-refractivity contribution >= 4 is 10.9 Å². The molecule has 1 heterocycles. The Labute approximate surface area is 114 Å². The van der Waals surface area contributed by atoms with Crippen LogP contribution in [0.25, 0.3) is 10.9 Å². The standard InChI is InChI=1S/C16H22N2O/c1-19-12-6-7-16-13(8-12)15(10-18-16)14(9-17)11-4-2-3-5-11/h6-8,10-11,14,18H,2-5,9,17H2,1H3. The highest BCUT2D eigenvalue weighted by atomic mass is 16.5. The van der Waals surface area contributed by atoms with Crippen LogP contribution in [-0.2, 0) is 0 Å². The van der Waals surface area contributed by atoms with E-state index in [2.05, 4.69) is 23.3 Å². The van der Waals surface area contributed by atoms with Crippen molar-refractivity contribution in [3.8, 4) is 5.75 Å². The van der Waals surface area contributed by atoms with E-state index in [9.17, 15) is 0 Å². The van der Waals surface area contributed by atoms with Gasteiger partial charge in [-0.15, -0.1) is 0 Å². The second kappa shape index (κ2) is 5.25. The first-order valence-corrected chi connectivity index (χ1v) is 7.18. The van der Waals surface area contributed by atoms with E-state index in [-0.39, 0.29) is 0 Å². The van der Waals surface area contributed by atoms with Gasteiger partial charge in [-0.2, -0.15) is 0 Å². The lowest BCUT2D eigenvalue weighted by Gasteiger charge is -2.21. The fourth-order valence-corrected chi connectivity index (χ4v) is 3.49. The number of hydrogen-bond acceptors (Lipinski definition) is 2. The SMILES string of the molecule is COc1ccc2[nH]cc(C(CN)C3CCCC3)c2c1. The van der Waals surface area contributed by atoms with Crippen molar-refractivity contribution in [1.29, 1.82) is 0 Å². The maximum Gasteiger partial charge on any atom is 0.119 e. The third kappa shape index (κ3) is 2.23. The van der Waals surface area contributed by atoms with Gasteiger partial charge in [0.15, 0.2) is 0 Å². The topological polar surface area (TPSA) is 51.0 Å². The molecule has 1 unspecified atom stereocenters. The molecule has 1 aliphatic carbocycles. The molecule has 102 valence electrons. The Balaban J connectivity index is 2.02. The van der Waals surface area contributed by atoms with Crippen molar-refractivity contribution in [2.45, 2.75) is 31.6 Å². The summed E-state index contributed by atoms with van der Waals surface area (Å²) in [5.74, 6) is 2.13. The van der Waals surface area contributed by atoms with E-state index in [0.29, 0.717) is 5.92 Å². The maximum atomic E-state index is 6.06. The lowest BCUT2D eigenvalue weighted by atomic mass is 9.85. The van der Waals surface area contributed by atoms with Crippen LogP contribution in [-0.4, -0.2) is 18.6 Å². The summed E-state index contributed by atoms with van der Waals surface area (Å²) >= 11 is 0. The summed E-state index contributed by atoms with van der Waals surface area (Å²) < 4.78 is 5.34. The molecule has 0 amide bonds. The third-order valence-electron chi connectivity index (χ3n) is 4.54. The molecule has 0 aliphatic heterocycles. The molecular weight excluding hydrogens is 236 g/mol. The Hall–Kier alpha value is -1.48. The van der Waals surface area contributed by atoms with Gasteiger partial charge in [0.25, 0.3) is 0 Å². The Bertz CT molecular complexity index is 555. The van der Waals surface area contributed by atoms with Crippen LogP contribution in [0, 0.1) is 5.92 Å². The monoisotopic (exact) mass is 258 g/mol. The second-order valence-corrected chi connectivity index (χ2v) is 5.54. The molecule has 0 saturated heterocycles. The number of methoxy groups -OCH3 is 1. The molecule has 0 radical (unpaired) electrons. The molecule has 1 aromatic carbocycles. The van der Waals surface area contributed by atoms with Gasteiger partial charge < -0.3 is 15.5 Å². The molecule has 1 aromatic heterocycles. The van der Waals surface area contributed by atoms with E-state index in [4.69, 9.17) is 10.5 Å². The maximum absolute atomic E-state index is 6.06. The van der Waals surface area contributed by atoms with Gasteiger partial charge in [-0.3, -0.25) is 0 Å². The summed E-state index contributed by atoms with van der Waals surface area (Å²) in [4.78, 5) is 3.37. The van der Waals surface area contributed by atoms with Gasteiger partial charge in [-0.25, -0.2) is 0 Å². The summed E-state index contributed by atoms with van der Waals surface area (Å²) in [6.07, 6.45) is 7.48. The fourth-order valence-electron chi connectivity index (χ4n) is 3.49. The molecule has 19 heavy (non-hydrogen) atoms. The first-order chi connectivity index (χ1) is 9.33. The van der Waals surface area contributed by atoms with Crippen LogP contribution in [0.4, 0.5) is 0 Å². The van der Waals surface area contributed by atoms with Crippen LogP contribution in [0.2, 0.25) is 0 Å². The first kappa shape index (κ1) is 12.5. The van der Waals surface area contributed by atoms with Crippen molar-refractivity contribution in [2.24, 2.45) is 11.7 Å². The fraction of sp³-hybridized carbons (Fsp3) is 0.500. The molecule has 1 fully saturated rings. The van der Waals surface area contributed by atoms with Crippen LogP contribution in [0.15, 0.2) is 24.4 Å². The minimum Gasteiger partial charge on any atom is -0.497 e. The predicted octanol–water partition coefficient (Wildman–Crippen LogP) is 3.41. The average molecular weight is 258 g/mol. The largest absolute Gasteiger partial charge is 0.497 e. The number of nitrogens with one attached hydrogen (secondary N) is 1. The van der Waals surface area contributed by atoms with E-state index >= 15 is 0 Å². The zero-order valence-corrected chi connectivity index (χ0v) is 11.5. The van der Waals surface area contributed by atoms with E-state index < -0.39 is 0 Å². The second-order valence-electron chi connectivity index (χ2n) is 5.54. The Morgan fingerprint density at radius 2 is 2.16 bits per heavy atom. The van der Waals surface area contributed by atoms with Gasteiger partial charge >= 0.3 is 0 Å². The van der Waals surface area contributed by atoms with Crippen LogP contribution >= 0.6 is 0 Å². The summed E-state index contributed by atoms with van der Waals surface area (Å²) in [7, 11) is 1.71. The first-order valence-electron chi connectivity index (χ1n) is 7.18. The number of rotatable bonds is 4. The highest BCUT2D eigenvalue weighted by Crippen LogP contribution is 2.39. The Kier molecular flexibility index (Phi) is 3.47. The third-order valence-corrected chi connectivity index (χ3v) is 4.54. The number of H-pyrrole nitrogens is 1. The lowest BCUT2D eigenvalue weighted by Crippen LogP contribution is -2.19. The predicted molar refractivity (Wildman–Crippen MR) is 78.6 cm³/mol. The lowest BCUT2D eigenvalue weighted by molar-refractivity contribution is 0.415. The molecule has 1 saturated carbocycles. The van der Waals surface area contributed by atoms with Gasteiger partial charge in [-0.1, -0.05) is 12.8 Å². The van der Waals surface area contributed by atoms with Crippen molar-refractivity contribution < 1.29 is 4.74 Å². The van der Waals surface area contributed by atoms with E-state index in [1.165, 1.54) is 42.1 Å². The van der Waals surface area contributed by atoms with Gasteiger partial charge in [-0.05, 0) is 49.1 Å². The molecule has 2 aromatic rings. The Morgan fingerprint density at radius 3 is 2.84 bits per heavy atom. The summed E-state index contributed by atoms with van der Waals surface area (Å²) in [5, 5.41) is 1.27. The minimum absolute atomic E-state index is 0.475. The van der Waals surface area contributed by atoms with Crippen molar-refractivity contribution in [1.82, 2.24) is 4.98 Å². The number of aromatic amines is 1. The minimum atomic E-state index is 0.475. The summed E-state index contributed by atoms with van der Waals surface area (Å²) in [5.41, 5.74) is 8.60. The van der Waals surface area contributed by atoms with E-state index in [1.807, 2.05) is 6.07 Å². The molecule has 3 rings (SSSR count). The van der Waals surface area contributed by atoms with Crippen LogP contribution in [0.5, 0.6) is 5.75 Å². The quantitative estimate of drug-likeness (QED) is 0.883. The summed E-state index contributed by atoms with van der Waals surface area (Å²) in [6, 6.07) is 6.20.